The van der Waals surface area contributed by atoms with Crippen molar-refractivity contribution in [1.82, 2.24) is 20.4 Å². The van der Waals surface area contributed by atoms with Crippen LogP contribution in [-0.4, -0.2) is 29.3 Å². The number of hydrogen-bond donors (Lipinski definition) is 2. The fourth-order valence-corrected chi connectivity index (χ4v) is 2.81. The summed E-state index contributed by atoms with van der Waals surface area (Å²) < 4.78 is 1.85. The molecular weight excluding hydrogens is 473 g/mol. The summed E-state index contributed by atoms with van der Waals surface area (Å²) in [6.45, 7) is 1.43. The Balaban J connectivity index is 0.00000261. The molecule has 7 heteroatoms. The van der Waals surface area contributed by atoms with Crippen LogP contribution in [0.3, 0.4) is 0 Å². The molecule has 3 rings (SSSR count). The summed E-state index contributed by atoms with van der Waals surface area (Å²) in [6.07, 6.45) is 4.62. The number of aromatic nitrogens is 2. The smallest absolute Gasteiger partial charge is 0.191 e. The summed E-state index contributed by atoms with van der Waals surface area (Å²) in [6, 6.07) is 18.1. The fraction of sp³-hybridized carbons (Fsp3) is 0.200. The third kappa shape index (κ3) is 6.25. The molecule has 0 aliphatic heterocycles. The number of rotatable bonds is 6. The van der Waals surface area contributed by atoms with Crippen LogP contribution in [-0.2, 0) is 13.0 Å². The van der Waals surface area contributed by atoms with E-state index in [4.69, 9.17) is 11.6 Å². The number of nitrogens with one attached hydrogen (secondary N) is 2. The zero-order valence-corrected chi connectivity index (χ0v) is 18.2. The highest BCUT2D eigenvalue weighted by Crippen LogP contribution is 2.14. The molecule has 0 bridgehead atoms. The van der Waals surface area contributed by atoms with Crippen LogP contribution in [0.5, 0.6) is 0 Å². The van der Waals surface area contributed by atoms with E-state index < -0.39 is 0 Å². The first-order valence-corrected chi connectivity index (χ1v) is 8.91. The van der Waals surface area contributed by atoms with Crippen LogP contribution in [0.4, 0.5) is 0 Å². The lowest BCUT2D eigenvalue weighted by Gasteiger charge is -2.13. The normalized spacial score (nSPS) is 11.0. The minimum Gasteiger partial charge on any atom is -0.356 e. The van der Waals surface area contributed by atoms with Gasteiger partial charge in [-0.05, 0) is 41.8 Å². The molecule has 1 heterocycles. The van der Waals surface area contributed by atoms with Gasteiger partial charge in [-0.1, -0.05) is 41.9 Å². The third-order valence-electron chi connectivity index (χ3n) is 4.04. The second-order valence-corrected chi connectivity index (χ2v) is 6.22. The summed E-state index contributed by atoms with van der Waals surface area (Å²) in [5.41, 5.74) is 3.37. The maximum atomic E-state index is 6.18. The van der Waals surface area contributed by atoms with Gasteiger partial charge in [-0.15, -0.1) is 24.0 Å². The van der Waals surface area contributed by atoms with Crippen molar-refractivity contribution in [1.29, 1.82) is 0 Å². The molecule has 3 aromatic rings. The molecule has 0 aliphatic rings. The third-order valence-corrected chi connectivity index (χ3v) is 4.41. The Bertz CT molecular complexity index is 847. The van der Waals surface area contributed by atoms with Gasteiger partial charge in [-0.25, -0.2) is 4.68 Å². The second-order valence-electron chi connectivity index (χ2n) is 5.81. The fourth-order valence-electron chi connectivity index (χ4n) is 2.60. The van der Waals surface area contributed by atoms with Gasteiger partial charge < -0.3 is 10.6 Å². The summed E-state index contributed by atoms with van der Waals surface area (Å²) in [5.74, 6) is 0.762. The lowest BCUT2D eigenvalue weighted by molar-refractivity contribution is 0.794. The first kappa shape index (κ1) is 21.2. The van der Waals surface area contributed by atoms with Gasteiger partial charge in [0.25, 0.3) is 0 Å². The molecule has 2 aromatic carbocycles. The van der Waals surface area contributed by atoms with E-state index in [0.29, 0.717) is 6.54 Å². The predicted molar refractivity (Wildman–Crippen MR) is 122 cm³/mol. The van der Waals surface area contributed by atoms with Crippen LogP contribution in [0.2, 0.25) is 5.02 Å². The van der Waals surface area contributed by atoms with Gasteiger partial charge in [0.05, 0.1) is 5.69 Å². The SMILES string of the molecule is CN=C(NCCc1ccc(-n2cccn2)cc1)NCc1ccccc1Cl.I. The van der Waals surface area contributed by atoms with Gasteiger partial charge >= 0.3 is 0 Å². The Labute approximate surface area is 181 Å². The van der Waals surface area contributed by atoms with Crippen molar-refractivity contribution >= 4 is 41.5 Å². The number of guanidine groups is 1. The Hall–Kier alpha value is -2.06. The van der Waals surface area contributed by atoms with Gasteiger partial charge in [0.15, 0.2) is 5.96 Å². The predicted octanol–water partition coefficient (Wildman–Crippen LogP) is 4.05. The topological polar surface area (TPSA) is 54.2 Å². The molecule has 0 unspecified atom stereocenters. The molecular formula is C20H23ClIN5. The summed E-state index contributed by atoms with van der Waals surface area (Å²) in [5, 5.41) is 11.6. The van der Waals surface area contributed by atoms with Gasteiger partial charge in [-0.3, -0.25) is 4.99 Å². The molecule has 5 nitrogen and oxygen atoms in total. The van der Waals surface area contributed by atoms with E-state index in [9.17, 15) is 0 Å². The highest BCUT2D eigenvalue weighted by Gasteiger charge is 2.02. The van der Waals surface area contributed by atoms with E-state index in [0.717, 1.165) is 35.2 Å². The minimum absolute atomic E-state index is 0. The van der Waals surface area contributed by atoms with E-state index in [2.05, 4.69) is 45.0 Å². The standard InChI is InChI=1S/C20H22ClN5.HI/c1-22-20(24-15-17-5-2-3-6-19(17)21)23-13-11-16-7-9-18(10-8-16)26-14-4-12-25-26;/h2-10,12,14H,11,13,15H2,1H3,(H2,22,23,24);1H. The van der Waals surface area contributed by atoms with E-state index in [-0.39, 0.29) is 24.0 Å². The zero-order chi connectivity index (χ0) is 18.2. The molecule has 0 saturated heterocycles. The van der Waals surface area contributed by atoms with Gasteiger partial charge in [-0.2, -0.15) is 5.10 Å². The molecule has 0 fully saturated rings. The average Bonchev–Trinajstić information content (AvgIpc) is 3.21. The molecule has 0 spiro atoms. The van der Waals surface area contributed by atoms with E-state index in [1.165, 1.54) is 5.56 Å². The van der Waals surface area contributed by atoms with E-state index in [1.54, 1.807) is 13.2 Å². The van der Waals surface area contributed by atoms with E-state index in [1.807, 2.05) is 41.2 Å². The lowest BCUT2D eigenvalue weighted by atomic mass is 10.1. The summed E-state index contributed by atoms with van der Waals surface area (Å²) in [4.78, 5) is 4.25. The van der Waals surface area contributed by atoms with Crippen molar-refractivity contribution in [2.24, 2.45) is 4.99 Å². The van der Waals surface area contributed by atoms with E-state index >= 15 is 0 Å². The Morgan fingerprint density at radius 1 is 1.07 bits per heavy atom. The summed E-state index contributed by atoms with van der Waals surface area (Å²) in [7, 11) is 1.76. The molecule has 0 radical (unpaired) electrons. The van der Waals surface area contributed by atoms with Gasteiger partial charge in [0.1, 0.15) is 0 Å². The van der Waals surface area contributed by atoms with Crippen LogP contribution in [0.15, 0.2) is 72.0 Å². The molecule has 0 atom stereocenters. The number of aliphatic imine (C=N–C) groups is 1. The van der Waals surface area contributed by atoms with Crippen LogP contribution in [0.25, 0.3) is 5.69 Å². The first-order chi connectivity index (χ1) is 12.8. The van der Waals surface area contributed by atoms with Crippen LogP contribution >= 0.6 is 35.6 Å². The summed E-state index contributed by atoms with van der Waals surface area (Å²) >= 11 is 6.18. The lowest BCUT2D eigenvalue weighted by Crippen LogP contribution is -2.37. The van der Waals surface area contributed by atoms with Crippen molar-refractivity contribution in [3.05, 3.63) is 83.1 Å². The first-order valence-electron chi connectivity index (χ1n) is 8.53. The average molecular weight is 496 g/mol. The van der Waals surface area contributed by atoms with Crippen LogP contribution < -0.4 is 10.6 Å². The number of halogens is 2. The quantitative estimate of drug-likeness (QED) is 0.308. The van der Waals surface area contributed by atoms with Crippen molar-refractivity contribution in [2.75, 3.05) is 13.6 Å². The van der Waals surface area contributed by atoms with Crippen molar-refractivity contribution in [3.8, 4) is 5.69 Å². The van der Waals surface area contributed by atoms with Crippen molar-refractivity contribution in [2.45, 2.75) is 13.0 Å². The maximum absolute atomic E-state index is 6.18. The largest absolute Gasteiger partial charge is 0.356 e. The van der Waals surface area contributed by atoms with Crippen molar-refractivity contribution < 1.29 is 0 Å². The number of hydrogen-bond acceptors (Lipinski definition) is 2. The monoisotopic (exact) mass is 495 g/mol. The molecule has 2 N–H and O–H groups in total. The Kier molecular flexibility index (Phi) is 8.60. The Morgan fingerprint density at radius 3 is 2.52 bits per heavy atom. The van der Waals surface area contributed by atoms with Gasteiger partial charge in [0.2, 0.25) is 0 Å². The second kappa shape index (κ2) is 10.9. The Morgan fingerprint density at radius 2 is 1.85 bits per heavy atom. The molecule has 0 amide bonds. The van der Waals surface area contributed by atoms with Crippen LogP contribution in [0, 0.1) is 0 Å². The molecule has 142 valence electrons. The van der Waals surface area contributed by atoms with Gasteiger partial charge in [0, 0.05) is 37.6 Å². The molecule has 0 aliphatic carbocycles. The zero-order valence-electron chi connectivity index (χ0n) is 15.1. The maximum Gasteiger partial charge on any atom is 0.191 e. The molecule has 1 aromatic heterocycles. The number of benzene rings is 2. The van der Waals surface area contributed by atoms with Crippen LogP contribution in [0.1, 0.15) is 11.1 Å². The molecule has 27 heavy (non-hydrogen) atoms. The van der Waals surface area contributed by atoms with Crippen molar-refractivity contribution in [3.63, 3.8) is 0 Å². The minimum atomic E-state index is 0. The highest BCUT2D eigenvalue weighted by molar-refractivity contribution is 14.0. The number of nitrogens with zero attached hydrogens (tertiary/aromatic N) is 3. The highest BCUT2D eigenvalue weighted by atomic mass is 127. The molecule has 0 saturated carbocycles.